The van der Waals surface area contributed by atoms with Crippen LogP contribution in [0.3, 0.4) is 0 Å². The molecular formula is C12H19N3O3. The smallest absolute Gasteiger partial charge is 0.329 e. The summed E-state index contributed by atoms with van der Waals surface area (Å²) in [6, 6.07) is 0. The zero-order valence-corrected chi connectivity index (χ0v) is 10.8. The van der Waals surface area contributed by atoms with Crippen LogP contribution in [0.15, 0.2) is 12.4 Å². The highest BCUT2D eigenvalue weighted by Crippen LogP contribution is 2.24. The largest absolute Gasteiger partial charge is 0.480 e. The number of aliphatic carboxylic acids is 1. The predicted molar refractivity (Wildman–Crippen MR) is 65.3 cm³/mol. The molecule has 0 spiro atoms. The van der Waals surface area contributed by atoms with Crippen molar-refractivity contribution in [3.8, 4) is 0 Å². The number of carbonyl (C=O) groups is 1. The highest BCUT2D eigenvalue weighted by atomic mass is 16.5. The minimum Gasteiger partial charge on any atom is -0.480 e. The van der Waals surface area contributed by atoms with Gasteiger partial charge in [-0.25, -0.2) is 9.78 Å². The van der Waals surface area contributed by atoms with Gasteiger partial charge in [-0.3, -0.25) is 4.90 Å². The molecule has 2 heterocycles. The number of likely N-dealkylation sites (tertiary alicyclic amines) is 1. The Labute approximate surface area is 106 Å². The van der Waals surface area contributed by atoms with Gasteiger partial charge in [-0.1, -0.05) is 0 Å². The quantitative estimate of drug-likeness (QED) is 0.781. The molecule has 6 heteroatoms. The SMILES string of the molecule is Cn1ccnc1CCN1CC(C)(OCC(=O)O)C1. The van der Waals surface area contributed by atoms with E-state index in [1.165, 1.54) is 0 Å². The normalized spacial score (nSPS) is 18.6. The molecule has 0 unspecified atom stereocenters. The van der Waals surface area contributed by atoms with Crippen molar-refractivity contribution in [3.05, 3.63) is 18.2 Å². The van der Waals surface area contributed by atoms with E-state index in [2.05, 4.69) is 9.88 Å². The van der Waals surface area contributed by atoms with E-state index in [-0.39, 0.29) is 12.2 Å². The Morgan fingerprint density at radius 2 is 2.33 bits per heavy atom. The highest BCUT2D eigenvalue weighted by molar-refractivity contribution is 5.68. The van der Waals surface area contributed by atoms with Crippen LogP contribution in [-0.4, -0.2) is 57.4 Å². The second-order valence-corrected chi connectivity index (χ2v) is 5.05. The fourth-order valence-corrected chi connectivity index (χ4v) is 2.28. The van der Waals surface area contributed by atoms with Crippen molar-refractivity contribution < 1.29 is 14.6 Å². The Morgan fingerprint density at radius 1 is 1.61 bits per heavy atom. The molecule has 0 atom stereocenters. The van der Waals surface area contributed by atoms with E-state index in [4.69, 9.17) is 9.84 Å². The second kappa shape index (κ2) is 5.07. The number of imidazole rings is 1. The molecule has 1 N–H and O–H groups in total. The van der Waals surface area contributed by atoms with Gasteiger partial charge in [-0.2, -0.15) is 0 Å². The molecule has 1 aliphatic heterocycles. The van der Waals surface area contributed by atoms with E-state index in [1.807, 2.05) is 24.7 Å². The maximum Gasteiger partial charge on any atom is 0.329 e. The van der Waals surface area contributed by atoms with E-state index in [1.54, 1.807) is 6.20 Å². The van der Waals surface area contributed by atoms with Gasteiger partial charge in [0.2, 0.25) is 0 Å². The number of hydrogen-bond acceptors (Lipinski definition) is 4. The third-order valence-electron chi connectivity index (χ3n) is 3.23. The Hall–Kier alpha value is -1.40. The Kier molecular flexibility index (Phi) is 3.68. The van der Waals surface area contributed by atoms with E-state index >= 15 is 0 Å². The summed E-state index contributed by atoms with van der Waals surface area (Å²) in [7, 11) is 1.98. The van der Waals surface area contributed by atoms with Gasteiger partial charge < -0.3 is 14.4 Å². The first kappa shape index (κ1) is 13.0. The fraction of sp³-hybridized carbons (Fsp3) is 0.667. The molecule has 0 radical (unpaired) electrons. The summed E-state index contributed by atoms with van der Waals surface area (Å²) >= 11 is 0. The summed E-state index contributed by atoms with van der Waals surface area (Å²) < 4.78 is 7.37. The number of nitrogens with zero attached hydrogens (tertiary/aromatic N) is 3. The monoisotopic (exact) mass is 253 g/mol. The van der Waals surface area contributed by atoms with Crippen LogP contribution >= 0.6 is 0 Å². The number of ether oxygens (including phenoxy) is 1. The first-order chi connectivity index (χ1) is 8.48. The van der Waals surface area contributed by atoms with Crippen LogP contribution in [0.1, 0.15) is 12.7 Å². The molecule has 0 aliphatic carbocycles. The number of hydrogen-bond donors (Lipinski definition) is 1. The van der Waals surface area contributed by atoms with Crippen LogP contribution in [0.4, 0.5) is 0 Å². The summed E-state index contributed by atoms with van der Waals surface area (Å²) in [5, 5.41) is 8.57. The van der Waals surface area contributed by atoms with Crippen LogP contribution in [-0.2, 0) is 23.0 Å². The molecule has 0 amide bonds. The van der Waals surface area contributed by atoms with Crippen molar-refractivity contribution in [2.24, 2.45) is 7.05 Å². The number of aromatic nitrogens is 2. The van der Waals surface area contributed by atoms with Crippen molar-refractivity contribution in [2.45, 2.75) is 18.9 Å². The zero-order valence-electron chi connectivity index (χ0n) is 10.8. The van der Waals surface area contributed by atoms with Crippen LogP contribution in [0.2, 0.25) is 0 Å². The molecule has 1 aromatic heterocycles. The van der Waals surface area contributed by atoms with Gasteiger partial charge in [-0.15, -0.1) is 0 Å². The predicted octanol–water partition coefficient (Wildman–Crippen LogP) is 0.138. The lowest BCUT2D eigenvalue weighted by Gasteiger charge is -2.47. The fourth-order valence-electron chi connectivity index (χ4n) is 2.28. The third-order valence-corrected chi connectivity index (χ3v) is 3.23. The lowest BCUT2D eigenvalue weighted by Crippen LogP contribution is -2.62. The van der Waals surface area contributed by atoms with Gasteiger partial charge in [0.15, 0.2) is 0 Å². The minimum atomic E-state index is -0.914. The molecule has 0 aromatic carbocycles. The Balaban J connectivity index is 1.70. The van der Waals surface area contributed by atoms with E-state index in [9.17, 15) is 4.79 Å². The molecule has 18 heavy (non-hydrogen) atoms. The number of carboxylic acids is 1. The van der Waals surface area contributed by atoms with Crippen LogP contribution < -0.4 is 0 Å². The lowest BCUT2D eigenvalue weighted by atomic mass is 9.96. The molecule has 0 bridgehead atoms. The first-order valence-electron chi connectivity index (χ1n) is 6.03. The molecule has 2 rings (SSSR count). The van der Waals surface area contributed by atoms with Gasteiger partial charge in [0.25, 0.3) is 0 Å². The topological polar surface area (TPSA) is 67.6 Å². The minimum absolute atomic E-state index is 0.219. The van der Waals surface area contributed by atoms with E-state index in [0.29, 0.717) is 0 Å². The summed E-state index contributed by atoms with van der Waals surface area (Å²) in [6.07, 6.45) is 4.63. The first-order valence-corrected chi connectivity index (χ1v) is 6.03. The molecule has 100 valence electrons. The van der Waals surface area contributed by atoms with E-state index in [0.717, 1.165) is 31.9 Å². The van der Waals surface area contributed by atoms with Crippen LogP contribution in [0, 0.1) is 0 Å². The Bertz CT molecular complexity index is 424. The van der Waals surface area contributed by atoms with Crippen molar-refractivity contribution >= 4 is 5.97 Å². The molecule has 1 saturated heterocycles. The van der Waals surface area contributed by atoms with Crippen molar-refractivity contribution in [1.82, 2.24) is 14.5 Å². The van der Waals surface area contributed by atoms with Gasteiger partial charge in [-0.05, 0) is 6.92 Å². The van der Waals surface area contributed by atoms with Gasteiger partial charge in [0.05, 0.1) is 5.60 Å². The molecule has 0 saturated carbocycles. The number of rotatable bonds is 6. The average Bonchev–Trinajstić information content (AvgIpc) is 2.66. The van der Waals surface area contributed by atoms with Crippen molar-refractivity contribution in [3.63, 3.8) is 0 Å². The van der Waals surface area contributed by atoms with Gasteiger partial charge in [0, 0.05) is 45.5 Å². The molecule has 1 aromatic rings. The third kappa shape index (κ3) is 3.08. The summed E-state index contributed by atoms with van der Waals surface area (Å²) in [6.45, 7) is 4.23. The maximum absolute atomic E-state index is 10.4. The average molecular weight is 253 g/mol. The van der Waals surface area contributed by atoms with Gasteiger partial charge in [0.1, 0.15) is 12.4 Å². The lowest BCUT2D eigenvalue weighted by molar-refractivity contribution is -0.164. The summed E-state index contributed by atoms with van der Waals surface area (Å²) in [5.41, 5.74) is -0.306. The van der Waals surface area contributed by atoms with Crippen molar-refractivity contribution in [1.29, 1.82) is 0 Å². The molecule has 1 aliphatic rings. The number of carboxylic acid groups (broad SMARTS) is 1. The van der Waals surface area contributed by atoms with Crippen LogP contribution in [0.5, 0.6) is 0 Å². The molecule has 1 fully saturated rings. The maximum atomic E-state index is 10.4. The molecule has 6 nitrogen and oxygen atoms in total. The second-order valence-electron chi connectivity index (χ2n) is 5.05. The highest BCUT2D eigenvalue weighted by Gasteiger charge is 2.39. The van der Waals surface area contributed by atoms with Gasteiger partial charge >= 0.3 is 5.97 Å². The van der Waals surface area contributed by atoms with E-state index < -0.39 is 5.97 Å². The van der Waals surface area contributed by atoms with Crippen LogP contribution in [0.25, 0.3) is 0 Å². The number of aryl methyl sites for hydroxylation is 1. The zero-order chi connectivity index (χ0) is 13.2. The molecular weight excluding hydrogens is 234 g/mol. The summed E-state index contributed by atoms with van der Waals surface area (Å²) in [4.78, 5) is 17.0. The van der Waals surface area contributed by atoms with Crippen molar-refractivity contribution in [2.75, 3.05) is 26.2 Å². The standard InChI is InChI=1S/C12H19N3O3/c1-12(18-7-11(16)17)8-15(9-12)5-3-10-13-4-6-14(10)2/h4,6H,3,5,7-9H2,1-2H3,(H,16,17). The Morgan fingerprint density at radius 3 is 2.89 bits per heavy atom. The summed E-state index contributed by atoms with van der Waals surface area (Å²) in [5.74, 6) is 0.151.